The number of anilines is 1. The number of carbonyl (C=O) groups is 1. The van der Waals surface area contributed by atoms with Crippen LogP contribution >= 0.6 is 0 Å². The quantitative estimate of drug-likeness (QED) is 0.861. The van der Waals surface area contributed by atoms with Crippen molar-refractivity contribution < 1.29 is 14.3 Å². The fourth-order valence-electron chi connectivity index (χ4n) is 2.78. The molecule has 26 heavy (non-hydrogen) atoms. The number of rotatable bonds is 6. The van der Waals surface area contributed by atoms with Crippen molar-refractivity contribution in [3.8, 4) is 5.75 Å². The SMILES string of the molecule is Cc1cccc(O[C@@H](C)C(=O)NCc2ccc(N3CCOCC3)nc2)c1. The van der Waals surface area contributed by atoms with Crippen molar-refractivity contribution in [1.82, 2.24) is 10.3 Å². The van der Waals surface area contributed by atoms with E-state index in [-0.39, 0.29) is 5.91 Å². The first-order valence-corrected chi connectivity index (χ1v) is 8.90. The molecule has 0 bridgehead atoms. The lowest BCUT2D eigenvalue weighted by Crippen LogP contribution is -2.37. The van der Waals surface area contributed by atoms with Crippen LogP contribution in [0.5, 0.6) is 5.75 Å². The van der Waals surface area contributed by atoms with Gasteiger partial charge in [0.1, 0.15) is 11.6 Å². The monoisotopic (exact) mass is 355 g/mol. The summed E-state index contributed by atoms with van der Waals surface area (Å²) < 4.78 is 11.1. The molecule has 0 unspecified atom stereocenters. The minimum Gasteiger partial charge on any atom is -0.481 e. The molecule has 1 amide bonds. The van der Waals surface area contributed by atoms with Crippen LogP contribution in [0.3, 0.4) is 0 Å². The minimum atomic E-state index is -0.558. The van der Waals surface area contributed by atoms with Crippen LogP contribution in [0, 0.1) is 6.92 Å². The highest BCUT2D eigenvalue weighted by atomic mass is 16.5. The first kappa shape index (κ1) is 18.2. The number of nitrogens with one attached hydrogen (secondary N) is 1. The van der Waals surface area contributed by atoms with Gasteiger partial charge >= 0.3 is 0 Å². The summed E-state index contributed by atoms with van der Waals surface area (Å²) in [5.74, 6) is 1.49. The van der Waals surface area contributed by atoms with E-state index in [4.69, 9.17) is 9.47 Å². The first-order valence-electron chi connectivity index (χ1n) is 8.90. The smallest absolute Gasteiger partial charge is 0.261 e. The van der Waals surface area contributed by atoms with E-state index >= 15 is 0 Å². The van der Waals surface area contributed by atoms with Crippen LogP contribution in [0.1, 0.15) is 18.1 Å². The fraction of sp³-hybridized carbons (Fsp3) is 0.400. The molecule has 6 nitrogen and oxygen atoms in total. The Balaban J connectivity index is 1.49. The second-order valence-corrected chi connectivity index (χ2v) is 6.42. The number of benzene rings is 1. The van der Waals surface area contributed by atoms with Crippen LogP contribution < -0.4 is 15.0 Å². The summed E-state index contributed by atoms with van der Waals surface area (Å²) in [7, 11) is 0. The number of ether oxygens (including phenoxy) is 2. The Labute approximate surface area is 154 Å². The molecule has 0 spiro atoms. The number of pyridine rings is 1. The van der Waals surface area contributed by atoms with E-state index in [0.717, 1.165) is 43.2 Å². The third kappa shape index (κ3) is 4.95. The van der Waals surface area contributed by atoms with Crippen LogP contribution in [-0.4, -0.2) is 43.3 Å². The summed E-state index contributed by atoms with van der Waals surface area (Å²) in [5.41, 5.74) is 2.06. The van der Waals surface area contributed by atoms with Gasteiger partial charge in [-0.05, 0) is 43.2 Å². The summed E-state index contributed by atoms with van der Waals surface area (Å²) in [4.78, 5) is 18.9. The lowest BCUT2D eigenvalue weighted by Gasteiger charge is -2.27. The predicted octanol–water partition coefficient (Wildman–Crippen LogP) is 2.31. The Morgan fingerprint density at radius 3 is 2.81 bits per heavy atom. The maximum Gasteiger partial charge on any atom is 0.261 e. The third-order valence-electron chi connectivity index (χ3n) is 4.28. The summed E-state index contributed by atoms with van der Waals surface area (Å²) in [6, 6.07) is 11.6. The molecule has 2 aromatic rings. The Morgan fingerprint density at radius 2 is 2.12 bits per heavy atom. The highest BCUT2D eigenvalue weighted by molar-refractivity contribution is 5.80. The fourth-order valence-corrected chi connectivity index (χ4v) is 2.78. The zero-order valence-corrected chi connectivity index (χ0v) is 15.3. The predicted molar refractivity (Wildman–Crippen MR) is 100 cm³/mol. The number of amides is 1. The molecule has 2 heterocycles. The van der Waals surface area contributed by atoms with Gasteiger partial charge in [-0.25, -0.2) is 4.98 Å². The lowest BCUT2D eigenvalue weighted by atomic mass is 10.2. The largest absolute Gasteiger partial charge is 0.481 e. The van der Waals surface area contributed by atoms with Gasteiger partial charge in [0.25, 0.3) is 5.91 Å². The van der Waals surface area contributed by atoms with Gasteiger partial charge in [-0.15, -0.1) is 0 Å². The molecular weight excluding hydrogens is 330 g/mol. The van der Waals surface area contributed by atoms with Crippen LogP contribution in [0.2, 0.25) is 0 Å². The molecule has 0 radical (unpaired) electrons. The van der Waals surface area contributed by atoms with Crippen LogP contribution in [0.15, 0.2) is 42.6 Å². The zero-order chi connectivity index (χ0) is 18.4. The molecule has 1 aromatic heterocycles. The Morgan fingerprint density at radius 1 is 1.31 bits per heavy atom. The molecule has 0 saturated carbocycles. The average Bonchev–Trinajstić information content (AvgIpc) is 2.67. The van der Waals surface area contributed by atoms with Crippen molar-refractivity contribution in [3.63, 3.8) is 0 Å². The van der Waals surface area contributed by atoms with E-state index in [9.17, 15) is 4.79 Å². The first-order chi connectivity index (χ1) is 12.6. The maximum absolute atomic E-state index is 12.2. The molecule has 0 aliphatic carbocycles. The van der Waals surface area contributed by atoms with E-state index in [1.54, 1.807) is 13.1 Å². The molecule has 1 aliphatic rings. The average molecular weight is 355 g/mol. The Hall–Kier alpha value is -2.60. The number of carbonyl (C=O) groups excluding carboxylic acids is 1. The van der Waals surface area contributed by atoms with Gasteiger partial charge in [0.15, 0.2) is 6.10 Å². The van der Waals surface area contributed by atoms with Gasteiger partial charge in [0.2, 0.25) is 0 Å². The van der Waals surface area contributed by atoms with Gasteiger partial charge < -0.3 is 19.7 Å². The van der Waals surface area contributed by atoms with Gasteiger partial charge in [0, 0.05) is 25.8 Å². The minimum absolute atomic E-state index is 0.149. The second-order valence-electron chi connectivity index (χ2n) is 6.42. The summed E-state index contributed by atoms with van der Waals surface area (Å²) in [5, 5.41) is 2.90. The van der Waals surface area contributed by atoms with Gasteiger partial charge in [-0.1, -0.05) is 18.2 Å². The lowest BCUT2D eigenvalue weighted by molar-refractivity contribution is -0.127. The van der Waals surface area contributed by atoms with Crippen molar-refractivity contribution in [2.24, 2.45) is 0 Å². The summed E-state index contributed by atoms with van der Waals surface area (Å²) in [6.07, 6.45) is 1.24. The number of nitrogens with zero attached hydrogens (tertiary/aromatic N) is 2. The standard InChI is InChI=1S/C20H25N3O3/c1-15-4-3-5-18(12-15)26-16(2)20(24)22-14-17-6-7-19(21-13-17)23-8-10-25-11-9-23/h3-7,12-13,16H,8-11,14H2,1-2H3,(H,22,24)/t16-/m0/s1. The number of hydrogen-bond donors (Lipinski definition) is 1. The van der Waals surface area contributed by atoms with E-state index in [2.05, 4.69) is 15.2 Å². The molecule has 1 aliphatic heterocycles. The molecule has 3 rings (SSSR count). The van der Waals surface area contributed by atoms with E-state index in [1.165, 1.54) is 0 Å². The number of aromatic nitrogens is 1. The van der Waals surface area contributed by atoms with Crippen LogP contribution in [0.25, 0.3) is 0 Å². The van der Waals surface area contributed by atoms with Crippen molar-refractivity contribution in [2.75, 3.05) is 31.2 Å². The van der Waals surface area contributed by atoms with Crippen LogP contribution in [0.4, 0.5) is 5.82 Å². The molecule has 6 heteroatoms. The summed E-state index contributed by atoms with van der Waals surface area (Å²) in [6.45, 7) is 7.35. The molecule has 1 atom stereocenters. The highest BCUT2D eigenvalue weighted by Crippen LogP contribution is 2.15. The van der Waals surface area contributed by atoms with E-state index < -0.39 is 6.10 Å². The normalized spacial score (nSPS) is 15.4. The third-order valence-corrected chi connectivity index (χ3v) is 4.28. The number of hydrogen-bond acceptors (Lipinski definition) is 5. The van der Waals surface area contributed by atoms with Crippen molar-refractivity contribution in [1.29, 1.82) is 0 Å². The zero-order valence-electron chi connectivity index (χ0n) is 15.3. The van der Waals surface area contributed by atoms with Gasteiger partial charge in [-0.3, -0.25) is 4.79 Å². The molecule has 1 fully saturated rings. The molecule has 1 aromatic carbocycles. The van der Waals surface area contributed by atoms with E-state index in [1.807, 2.05) is 43.3 Å². The topological polar surface area (TPSA) is 63.7 Å². The number of morpholine rings is 1. The molecule has 138 valence electrons. The van der Waals surface area contributed by atoms with E-state index in [0.29, 0.717) is 12.3 Å². The number of aryl methyl sites for hydroxylation is 1. The highest BCUT2D eigenvalue weighted by Gasteiger charge is 2.15. The maximum atomic E-state index is 12.2. The molecular formula is C20H25N3O3. The Bertz CT molecular complexity index is 727. The van der Waals surface area contributed by atoms with Gasteiger partial charge in [-0.2, -0.15) is 0 Å². The van der Waals surface area contributed by atoms with Crippen molar-refractivity contribution in [2.45, 2.75) is 26.5 Å². The van der Waals surface area contributed by atoms with Crippen molar-refractivity contribution in [3.05, 3.63) is 53.7 Å². The molecule has 1 saturated heterocycles. The van der Waals surface area contributed by atoms with Gasteiger partial charge in [0.05, 0.1) is 13.2 Å². The second kappa shape index (κ2) is 8.67. The van der Waals surface area contributed by atoms with Crippen molar-refractivity contribution >= 4 is 11.7 Å². The molecule has 1 N–H and O–H groups in total. The summed E-state index contributed by atoms with van der Waals surface area (Å²) >= 11 is 0. The van der Waals surface area contributed by atoms with Crippen LogP contribution in [-0.2, 0) is 16.1 Å². The Kier molecular flexibility index (Phi) is 6.07.